The molecule has 1 aromatic heterocycles. The summed E-state index contributed by atoms with van der Waals surface area (Å²) in [6, 6.07) is 44.1. The van der Waals surface area contributed by atoms with Crippen LogP contribution < -0.4 is 15.5 Å². The second-order valence-corrected chi connectivity index (χ2v) is 18.1. The molecule has 2 aliphatic heterocycles. The van der Waals surface area contributed by atoms with E-state index in [9.17, 15) is 33.0 Å². The predicted octanol–water partition coefficient (Wildman–Crippen LogP) is 17.4. The molecule has 0 amide bonds. The van der Waals surface area contributed by atoms with Crippen molar-refractivity contribution < 1.29 is 56.9 Å². The Morgan fingerprint density at radius 3 is 1.82 bits per heavy atom. The molecule has 0 radical (unpaired) electrons. The molecular weight excluding hydrogens is 1180 g/mol. The van der Waals surface area contributed by atoms with Crippen molar-refractivity contribution in [3.63, 3.8) is 0 Å². The van der Waals surface area contributed by atoms with E-state index in [1.54, 1.807) is 19.2 Å². The zero-order valence-electron chi connectivity index (χ0n) is 46.6. The topological polar surface area (TPSA) is 234 Å². The molecule has 0 saturated heterocycles. The second kappa shape index (κ2) is 32.9. The SMILES string of the molecule is C=C/C(=C\C([N-]C1=CC(C(=O)O)=CC[N-]1)C1C=C(c2ccc(-c3ccc(N(c4ccccc4)c4ccccc4)cc3)o2)C=C[N-]1)C(=O)O.CC.C\C=C(/C=C([NH-])/C([NH-])=C/C(N)C(F)(F)F)N(c1ccc(C)cc1)c1ccc(C)cc1.N#C[S-].[Ru+6]. The normalized spacial score (nSPS) is 14.7. The standard InChI is InChI=1S/C39H31N4O5.C23H25F3N4.C2H6.CHNS.Ru/c1-2-26(38(44)45)23-34(42-37-25-29(39(46)47)20-22-41-37)33-24-28(19-21-40-33)36-18-17-35(48-36)27-13-15-32(16-14-27)43(30-9-5-3-6-10-30)31-11-7-4-8-12-31;1-4-17(13-20(27)21(28)14-22(29)23(24,25)26)30(18-9-5-15(2)6-10-18)19-11-7-16(3)8-12-19;1-2;2-1-3;/h2-21,23-25,33-34H,1,22H2,(H,44,45)(H,46,47);4-14,22,27-28H,29H2,1-3H3;1-2H3;3H;/q-3;-2;;;+6/p-1/b26-23+;17-4+,20-13-,21-14-;;;. The van der Waals surface area contributed by atoms with E-state index in [0.29, 0.717) is 23.3 Å². The van der Waals surface area contributed by atoms with Crippen LogP contribution >= 0.6 is 0 Å². The quantitative estimate of drug-likeness (QED) is 0.0242. The Hall–Kier alpha value is -9.34. The van der Waals surface area contributed by atoms with E-state index in [-0.39, 0.29) is 48.7 Å². The summed E-state index contributed by atoms with van der Waals surface area (Å²) in [6.45, 7) is 13.5. The number of aliphatic carboxylic acids is 2. The fraction of sp³-hybridized carbons (Fsp3) is 0.154. The Morgan fingerprint density at radius 2 is 1.33 bits per heavy atom. The summed E-state index contributed by atoms with van der Waals surface area (Å²) in [7, 11) is 0. The van der Waals surface area contributed by atoms with Gasteiger partial charge in [0.25, 0.3) is 0 Å². The first-order valence-corrected chi connectivity index (χ1v) is 26.4. The Morgan fingerprint density at radius 1 is 0.821 bits per heavy atom. The Kier molecular flexibility index (Phi) is 26.3. The van der Waals surface area contributed by atoms with E-state index in [0.717, 1.165) is 50.7 Å². The van der Waals surface area contributed by atoms with Crippen LogP contribution in [0.2, 0.25) is 0 Å². The molecule has 6 aromatic rings. The fourth-order valence-corrected chi connectivity index (χ4v) is 8.07. The number of carbonyl (C=O) groups is 2. The number of benzene rings is 5. The zero-order chi connectivity index (χ0) is 60.6. The van der Waals surface area contributed by atoms with Crippen LogP contribution in [0.5, 0.6) is 0 Å². The maximum absolute atomic E-state index is 12.7. The number of aryl methyl sites for hydroxylation is 2. The van der Waals surface area contributed by atoms with Crippen LogP contribution in [0.3, 0.4) is 0 Å². The van der Waals surface area contributed by atoms with Gasteiger partial charge in [-0.2, -0.15) is 30.8 Å². The molecule has 5 aromatic carbocycles. The van der Waals surface area contributed by atoms with Crippen LogP contribution in [-0.2, 0) is 41.7 Å². The Bertz CT molecular complexity index is 3360. The average Bonchev–Trinajstić information content (AvgIpc) is 3.25. The van der Waals surface area contributed by atoms with Crippen LogP contribution in [0.1, 0.15) is 37.7 Å². The maximum Gasteiger partial charge on any atom is 6.00 e. The van der Waals surface area contributed by atoms with Gasteiger partial charge in [-0.1, -0.05) is 152 Å². The van der Waals surface area contributed by atoms with E-state index in [4.69, 9.17) is 26.9 Å². The molecule has 432 valence electrons. The molecule has 84 heavy (non-hydrogen) atoms. The maximum atomic E-state index is 12.7. The van der Waals surface area contributed by atoms with Crippen LogP contribution in [0.4, 0.5) is 41.6 Å². The molecule has 0 bridgehead atoms. The number of nitrogens with one attached hydrogen (secondary N) is 2. The molecule has 0 spiro atoms. The summed E-state index contributed by atoms with van der Waals surface area (Å²) in [6.07, 6.45) is 9.75. The number of nitrogens with two attached hydrogens (primary N) is 1. The number of hydrogen-bond donors (Lipinski definition) is 3. The van der Waals surface area contributed by atoms with Crippen LogP contribution in [0.25, 0.3) is 44.3 Å². The number of halogens is 3. The molecule has 3 heterocycles. The first kappa shape index (κ1) is 67.2. The number of carboxylic acids is 2. The van der Waals surface area contributed by atoms with Gasteiger partial charge in [0.15, 0.2) is 0 Å². The van der Waals surface area contributed by atoms with Crippen molar-refractivity contribution in [1.82, 2.24) is 0 Å². The van der Waals surface area contributed by atoms with E-state index in [1.807, 2.05) is 154 Å². The third-order valence-corrected chi connectivity index (χ3v) is 12.2. The van der Waals surface area contributed by atoms with Crippen molar-refractivity contribution in [2.24, 2.45) is 5.73 Å². The first-order valence-electron chi connectivity index (χ1n) is 25.9. The van der Waals surface area contributed by atoms with Gasteiger partial charge in [-0.3, -0.25) is 5.82 Å². The molecule has 2 aliphatic rings. The van der Waals surface area contributed by atoms with Crippen LogP contribution in [-0.4, -0.2) is 53.0 Å². The van der Waals surface area contributed by atoms with Gasteiger partial charge in [-0.05, 0) is 106 Å². The molecule has 0 fully saturated rings. The molecule has 3 unspecified atom stereocenters. The minimum Gasteiger partial charge on any atom is -0.700 e. The Labute approximate surface area is 507 Å². The number of nitriles is 1. The van der Waals surface area contributed by atoms with Gasteiger partial charge in [0.2, 0.25) is 0 Å². The van der Waals surface area contributed by atoms with Crippen LogP contribution in [0, 0.1) is 24.5 Å². The number of allylic oxidation sites excluding steroid dienone is 4. The molecule has 19 heteroatoms. The number of nitrogens with zero attached hydrogens (tertiary/aromatic N) is 6. The monoisotopic (exact) mass is 1240 g/mol. The minimum absolute atomic E-state index is 0. The van der Waals surface area contributed by atoms with Gasteiger partial charge in [0.1, 0.15) is 17.6 Å². The zero-order valence-corrected chi connectivity index (χ0v) is 49.1. The van der Waals surface area contributed by atoms with Crippen LogP contribution in [0.15, 0.2) is 252 Å². The van der Waals surface area contributed by atoms with Crippen molar-refractivity contribution in [2.45, 2.75) is 58.9 Å². The molecule has 3 atom stereocenters. The van der Waals surface area contributed by atoms with Gasteiger partial charge in [0.05, 0.1) is 11.1 Å². The molecule has 0 saturated carbocycles. The summed E-state index contributed by atoms with van der Waals surface area (Å²) in [5.74, 6) is -0.799. The smallest absolute Gasteiger partial charge is 0.700 e. The van der Waals surface area contributed by atoms with Crippen molar-refractivity contribution in [3.05, 3.63) is 291 Å². The van der Waals surface area contributed by atoms with Crippen molar-refractivity contribution in [3.8, 4) is 16.7 Å². The van der Waals surface area contributed by atoms with E-state index in [2.05, 4.69) is 76.5 Å². The van der Waals surface area contributed by atoms with Gasteiger partial charge in [-0.25, -0.2) is 14.9 Å². The third-order valence-electron chi connectivity index (χ3n) is 12.2. The number of para-hydroxylation sites is 2. The van der Waals surface area contributed by atoms with Crippen molar-refractivity contribution in [1.29, 1.82) is 5.26 Å². The number of furan rings is 1. The Balaban J connectivity index is 0.000000362. The van der Waals surface area contributed by atoms with E-state index >= 15 is 0 Å². The largest absolute Gasteiger partial charge is 6.00 e. The van der Waals surface area contributed by atoms with Gasteiger partial charge in [0, 0.05) is 45.3 Å². The number of anilines is 5. The average molecular weight is 1240 g/mol. The summed E-state index contributed by atoms with van der Waals surface area (Å²) in [5.41, 5.74) is 29.1. The third kappa shape index (κ3) is 19.1. The molecule has 14 nitrogen and oxygen atoms in total. The van der Waals surface area contributed by atoms with E-state index in [1.165, 1.54) is 35.8 Å². The summed E-state index contributed by atoms with van der Waals surface area (Å²) in [5, 5.41) is 41.0. The molecule has 8 rings (SSSR count). The molecule has 0 aliphatic carbocycles. The number of thiocyanates is 1. The summed E-state index contributed by atoms with van der Waals surface area (Å²) in [4.78, 5) is 27.4. The van der Waals surface area contributed by atoms with Crippen molar-refractivity contribution in [2.75, 3.05) is 16.3 Å². The first-order chi connectivity index (χ1) is 39.8. The number of rotatable bonds is 18. The van der Waals surface area contributed by atoms with Gasteiger partial charge >= 0.3 is 37.6 Å². The van der Waals surface area contributed by atoms with Gasteiger partial charge < -0.3 is 70.2 Å². The predicted molar refractivity (Wildman–Crippen MR) is 330 cm³/mol. The number of carboxylic acid groups (broad SMARTS) is 2. The summed E-state index contributed by atoms with van der Waals surface area (Å²) < 4.78 is 44.4. The number of hydrogen-bond acceptors (Lipinski definition) is 8. The number of alkyl halides is 3. The summed E-state index contributed by atoms with van der Waals surface area (Å²) >= 11 is 3.70. The minimum atomic E-state index is -4.66. The second-order valence-electron chi connectivity index (χ2n) is 17.9. The van der Waals surface area contributed by atoms with E-state index < -0.39 is 41.9 Å². The fourth-order valence-electron chi connectivity index (χ4n) is 8.07. The van der Waals surface area contributed by atoms with Crippen molar-refractivity contribution >= 4 is 58.6 Å². The molecular formula is C65H62F3N9O5RuS. The molecule has 6 N–H and O–H groups in total. The van der Waals surface area contributed by atoms with Gasteiger partial charge in [-0.15, -0.1) is 18.6 Å².